The molecule has 4 rings (SSSR count). The third-order valence-corrected chi connectivity index (χ3v) is 6.27. The highest BCUT2D eigenvalue weighted by molar-refractivity contribution is 7.91. The zero-order chi connectivity index (χ0) is 21.1. The molecule has 0 bridgehead atoms. The van der Waals surface area contributed by atoms with Gasteiger partial charge in [0, 0.05) is 5.69 Å². The van der Waals surface area contributed by atoms with Crippen LogP contribution in [0, 0.1) is 0 Å². The van der Waals surface area contributed by atoms with Crippen molar-refractivity contribution in [1.82, 2.24) is 15.4 Å². The second-order valence-electron chi connectivity index (χ2n) is 6.70. The van der Waals surface area contributed by atoms with Gasteiger partial charge in [0.15, 0.2) is 9.84 Å². The van der Waals surface area contributed by atoms with E-state index in [0.717, 1.165) is 5.56 Å². The number of nitrogens with two attached hydrogens (primary N) is 1. The minimum absolute atomic E-state index is 0.0218. The molecule has 0 saturated carbocycles. The molecule has 0 unspecified atom stereocenters. The summed E-state index contributed by atoms with van der Waals surface area (Å²) >= 11 is 0. The molecule has 3 aromatic carbocycles. The SMILES string of the molecule is Nc1ccc(CS(=O)(=O)c2c(C(=O)OCc3ccccc3)ccc3n[nH]nc23)cc1. The van der Waals surface area contributed by atoms with Crippen molar-refractivity contribution in [1.29, 1.82) is 0 Å². The van der Waals surface area contributed by atoms with E-state index in [1.165, 1.54) is 12.1 Å². The van der Waals surface area contributed by atoms with Gasteiger partial charge >= 0.3 is 5.97 Å². The Hall–Kier alpha value is -3.72. The van der Waals surface area contributed by atoms with Crippen LogP contribution in [0.15, 0.2) is 71.6 Å². The molecule has 8 nitrogen and oxygen atoms in total. The number of aromatic amines is 1. The standard InChI is InChI=1S/C21H18N4O4S/c22-16-8-6-15(7-9-16)13-30(27,28)20-17(10-11-18-19(20)24-25-23-18)21(26)29-12-14-4-2-1-3-5-14/h1-11H,12-13,22H2,(H,23,24,25). The van der Waals surface area contributed by atoms with Gasteiger partial charge in [-0.3, -0.25) is 0 Å². The normalized spacial score (nSPS) is 11.5. The van der Waals surface area contributed by atoms with Gasteiger partial charge in [0.2, 0.25) is 0 Å². The summed E-state index contributed by atoms with van der Waals surface area (Å²) in [5.74, 6) is -1.07. The molecule has 1 heterocycles. The summed E-state index contributed by atoms with van der Waals surface area (Å²) in [6.45, 7) is 0.0218. The van der Waals surface area contributed by atoms with Gasteiger partial charge in [0.05, 0.1) is 11.3 Å². The first-order chi connectivity index (χ1) is 14.4. The zero-order valence-corrected chi connectivity index (χ0v) is 16.6. The molecule has 4 aromatic rings. The number of benzene rings is 3. The van der Waals surface area contributed by atoms with Crippen molar-refractivity contribution in [3.8, 4) is 0 Å². The molecule has 0 fully saturated rings. The number of anilines is 1. The Labute approximate surface area is 172 Å². The monoisotopic (exact) mass is 422 g/mol. The summed E-state index contributed by atoms with van der Waals surface area (Å²) in [6.07, 6.45) is 0. The van der Waals surface area contributed by atoms with Crippen molar-refractivity contribution in [2.75, 3.05) is 5.73 Å². The van der Waals surface area contributed by atoms with Crippen LogP contribution in [0.3, 0.4) is 0 Å². The Kier molecular flexibility index (Phi) is 5.20. The van der Waals surface area contributed by atoms with E-state index < -0.39 is 15.8 Å². The van der Waals surface area contributed by atoms with E-state index in [0.29, 0.717) is 16.8 Å². The Morgan fingerprint density at radius 3 is 2.40 bits per heavy atom. The van der Waals surface area contributed by atoms with Crippen molar-refractivity contribution in [2.45, 2.75) is 17.3 Å². The molecule has 0 saturated heterocycles. The van der Waals surface area contributed by atoms with Crippen LogP contribution in [0.1, 0.15) is 21.5 Å². The number of hydrogen-bond acceptors (Lipinski definition) is 7. The molecule has 1 aromatic heterocycles. The molecule has 0 spiro atoms. The molecule has 3 N–H and O–H groups in total. The number of hydrogen-bond donors (Lipinski definition) is 2. The predicted octanol–water partition coefficient (Wildman–Crippen LogP) is 2.87. The van der Waals surface area contributed by atoms with Gasteiger partial charge in [-0.2, -0.15) is 15.4 Å². The number of ether oxygens (including phenoxy) is 1. The highest BCUT2D eigenvalue weighted by Crippen LogP contribution is 2.28. The van der Waals surface area contributed by atoms with E-state index in [-0.39, 0.29) is 28.3 Å². The maximum absolute atomic E-state index is 13.3. The number of H-pyrrole nitrogens is 1. The van der Waals surface area contributed by atoms with Crippen molar-refractivity contribution < 1.29 is 17.9 Å². The molecule has 0 radical (unpaired) electrons. The van der Waals surface area contributed by atoms with Crippen LogP contribution in [0.25, 0.3) is 11.0 Å². The Morgan fingerprint density at radius 2 is 1.67 bits per heavy atom. The highest BCUT2D eigenvalue weighted by Gasteiger charge is 2.28. The number of carbonyl (C=O) groups excluding carboxylic acids is 1. The van der Waals surface area contributed by atoms with Gasteiger partial charge in [-0.1, -0.05) is 42.5 Å². The second-order valence-corrected chi connectivity index (χ2v) is 8.62. The Bertz CT molecular complexity index is 1300. The molecule has 152 valence electrons. The molecule has 0 aliphatic rings. The molecule has 0 aliphatic carbocycles. The van der Waals surface area contributed by atoms with Gasteiger partial charge in [-0.05, 0) is 35.4 Å². The molecule has 9 heteroatoms. The summed E-state index contributed by atoms with van der Waals surface area (Å²) in [7, 11) is -3.95. The fourth-order valence-corrected chi connectivity index (χ4v) is 4.78. The van der Waals surface area contributed by atoms with E-state index in [1.807, 2.05) is 30.3 Å². The number of esters is 1. The molecular formula is C21H18N4O4S. The fraction of sp³-hybridized carbons (Fsp3) is 0.0952. The molecule has 0 aliphatic heterocycles. The lowest BCUT2D eigenvalue weighted by molar-refractivity contribution is 0.0468. The lowest BCUT2D eigenvalue weighted by Crippen LogP contribution is -2.14. The number of nitrogens with zero attached hydrogens (tertiary/aromatic N) is 2. The second kappa shape index (κ2) is 7.96. The maximum Gasteiger partial charge on any atom is 0.339 e. The van der Waals surface area contributed by atoms with Crippen molar-refractivity contribution >= 4 is 32.5 Å². The maximum atomic E-state index is 13.3. The fourth-order valence-electron chi connectivity index (χ4n) is 3.07. The molecule has 30 heavy (non-hydrogen) atoms. The first kappa shape index (κ1) is 19.6. The van der Waals surface area contributed by atoms with Crippen LogP contribution in [0.4, 0.5) is 5.69 Å². The quantitative estimate of drug-likeness (QED) is 0.361. The van der Waals surface area contributed by atoms with Crippen LogP contribution in [-0.2, 0) is 26.9 Å². The van der Waals surface area contributed by atoms with Gasteiger partial charge in [-0.15, -0.1) is 0 Å². The van der Waals surface area contributed by atoms with Crippen LogP contribution in [0.2, 0.25) is 0 Å². The van der Waals surface area contributed by atoms with E-state index in [2.05, 4.69) is 15.4 Å². The largest absolute Gasteiger partial charge is 0.457 e. The van der Waals surface area contributed by atoms with Gasteiger partial charge in [0.25, 0.3) is 0 Å². The van der Waals surface area contributed by atoms with Crippen LogP contribution >= 0.6 is 0 Å². The van der Waals surface area contributed by atoms with E-state index in [9.17, 15) is 13.2 Å². The first-order valence-corrected chi connectivity index (χ1v) is 10.7. The average molecular weight is 422 g/mol. The minimum atomic E-state index is -3.95. The van der Waals surface area contributed by atoms with E-state index in [4.69, 9.17) is 10.5 Å². The lowest BCUT2D eigenvalue weighted by atomic mass is 10.2. The smallest absolute Gasteiger partial charge is 0.339 e. The summed E-state index contributed by atoms with van der Waals surface area (Å²) in [4.78, 5) is 12.6. The van der Waals surface area contributed by atoms with Gasteiger partial charge in [-0.25, -0.2) is 13.2 Å². The molecule has 0 atom stereocenters. The zero-order valence-electron chi connectivity index (χ0n) is 15.8. The molecule has 0 amide bonds. The number of aromatic nitrogens is 3. The first-order valence-electron chi connectivity index (χ1n) is 9.06. The number of nitrogens with one attached hydrogen (secondary N) is 1. The third kappa shape index (κ3) is 4.01. The van der Waals surface area contributed by atoms with Crippen LogP contribution in [-0.4, -0.2) is 29.8 Å². The van der Waals surface area contributed by atoms with Gasteiger partial charge < -0.3 is 10.5 Å². The lowest BCUT2D eigenvalue weighted by Gasteiger charge is -2.11. The number of nitrogen functional groups attached to an aromatic ring is 1. The van der Waals surface area contributed by atoms with Gasteiger partial charge in [0.1, 0.15) is 22.5 Å². The Balaban J connectivity index is 1.71. The topological polar surface area (TPSA) is 128 Å². The van der Waals surface area contributed by atoms with Crippen molar-refractivity contribution in [3.63, 3.8) is 0 Å². The van der Waals surface area contributed by atoms with Crippen molar-refractivity contribution in [3.05, 3.63) is 83.4 Å². The Morgan fingerprint density at radius 1 is 0.933 bits per heavy atom. The van der Waals surface area contributed by atoms with Crippen LogP contribution in [0.5, 0.6) is 0 Å². The predicted molar refractivity (Wildman–Crippen MR) is 111 cm³/mol. The molecular weight excluding hydrogens is 404 g/mol. The van der Waals surface area contributed by atoms with E-state index >= 15 is 0 Å². The average Bonchev–Trinajstić information content (AvgIpc) is 3.22. The summed E-state index contributed by atoms with van der Waals surface area (Å²) in [6, 6.07) is 18.6. The third-order valence-electron chi connectivity index (χ3n) is 4.52. The number of rotatable bonds is 6. The minimum Gasteiger partial charge on any atom is -0.457 e. The van der Waals surface area contributed by atoms with Crippen molar-refractivity contribution in [2.24, 2.45) is 0 Å². The number of carbonyl (C=O) groups is 1. The number of sulfone groups is 1. The summed E-state index contributed by atoms with van der Waals surface area (Å²) in [5, 5.41) is 10.3. The van der Waals surface area contributed by atoms with Crippen LogP contribution < -0.4 is 5.73 Å². The summed E-state index contributed by atoms with van der Waals surface area (Å²) < 4.78 is 31.9. The highest BCUT2D eigenvalue weighted by atomic mass is 32.2. The summed E-state index contributed by atoms with van der Waals surface area (Å²) in [5.41, 5.74) is 7.88. The number of fused-ring (bicyclic) bond motifs is 1. The van der Waals surface area contributed by atoms with E-state index in [1.54, 1.807) is 24.3 Å².